The van der Waals surface area contributed by atoms with Crippen molar-refractivity contribution in [2.45, 2.75) is 82.4 Å². The molecular formula is C15H29ClN2O2. The second-order valence-electron chi connectivity index (χ2n) is 6.10. The Kier molecular flexibility index (Phi) is 8.50. The van der Waals surface area contributed by atoms with Crippen LogP contribution in [0.2, 0.25) is 0 Å². The lowest BCUT2D eigenvalue weighted by molar-refractivity contribution is -0.129. The van der Waals surface area contributed by atoms with Crippen LogP contribution < -0.4 is 11.1 Å². The second kappa shape index (κ2) is 9.59. The molecule has 0 unspecified atom stereocenters. The molecule has 2 saturated carbocycles. The molecule has 0 aliphatic heterocycles. The second-order valence-corrected chi connectivity index (χ2v) is 6.10. The third-order valence-electron chi connectivity index (χ3n) is 4.39. The van der Waals surface area contributed by atoms with Crippen molar-refractivity contribution < 1.29 is 9.53 Å². The monoisotopic (exact) mass is 304 g/mol. The maximum atomic E-state index is 11.9. The van der Waals surface area contributed by atoms with Crippen molar-refractivity contribution in [1.82, 2.24) is 5.32 Å². The summed E-state index contributed by atoms with van der Waals surface area (Å²) in [6.07, 6.45) is 11.6. The van der Waals surface area contributed by atoms with Crippen molar-refractivity contribution in [2.24, 2.45) is 5.73 Å². The van der Waals surface area contributed by atoms with Crippen LogP contribution in [-0.4, -0.2) is 30.7 Å². The molecule has 118 valence electrons. The third kappa shape index (κ3) is 6.42. The van der Waals surface area contributed by atoms with Crippen LogP contribution in [0.4, 0.5) is 0 Å². The number of hydrogen-bond donors (Lipinski definition) is 2. The number of carbonyl (C=O) groups is 1. The molecule has 2 fully saturated rings. The number of amides is 1. The van der Waals surface area contributed by atoms with E-state index in [2.05, 4.69) is 5.32 Å². The number of nitrogens with one attached hydrogen (secondary N) is 1. The van der Waals surface area contributed by atoms with Gasteiger partial charge < -0.3 is 15.8 Å². The summed E-state index contributed by atoms with van der Waals surface area (Å²) in [6, 6.07) is 0.707. The zero-order valence-electron chi connectivity index (χ0n) is 12.3. The fourth-order valence-electron chi connectivity index (χ4n) is 3.14. The van der Waals surface area contributed by atoms with Crippen LogP contribution in [0, 0.1) is 0 Å². The predicted octanol–water partition coefficient (Wildman–Crippen LogP) is 2.53. The fourth-order valence-corrected chi connectivity index (χ4v) is 3.14. The number of hydrogen-bond acceptors (Lipinski definition) is 3. The Morgan fingerprint density at radius 3 is 2.20 bits per heavy atom. The molecule has 0 aromatic heterocycles. The van der Waals surface area contributed by atoms with Crippen LogP contribution in [0.15, 0.2) is 0 Å². The van der Waals surface area contributed by atoms with Gasteiger partial charge in [0.25, 0.3) is 0 Å². The molecule has 0 radical (unpaired) electrons. The largest absolute Gasteiger partial charge is 0.368 e. The number of ether oxygens (including phenoxy) is 1. The summed E-state index contributed by atoms with van der Waals surface area (Å²) < 4.78 is 5.70. The summed E-state index contributed by atoms with van der Waals surface area (Å²) in [5, 5.41) is 3.12. The fraction of sp³-hybridized carbons (Fsp3) is 0.933. The van der Waals surface area contributed by atoms with E-state index < -0.39 is 0 Å². The first-order chi connectivity index (χ1) is 9.24. The van der Waals surface area contributed by atoms with Crippen molar-refractivity contribution in [1.29, 1.82) is 0 Å². The first kappa shape index (κ1) is 17.7. The summed E-state index contributed by atoms with van der Waals surface area (Å²) in [7, 11) is 0. The molecule has 0 atom stereocenters. The van der Waals surface area contributed by atoms with Gasteiger partial charge in [0.1, 0.15) is 6.61 Å². The number of carbonyl (C=O) groups excluding carboxylic acids is 1. The highest BCUT2D eigenvalue weighted by atomic mass is 35.5. The van der Waals surface area contributed by atoms with E-state index in [0.717, 1.165) is 38.5 Å². The van der Waals surface area contributed by atoms with Gasteiger partial charge in [-0.05, 0) is 38.5 Å². The van der Waals surface area contributed by atoms with E-state index in [1.54, 1.807) is 0 Å². The van der Waals surface area contributed by atoms with Gasteiger partial charge in [-0.15, -0.1) is 12.4 Å². The molecule has 2 aliphatic carbocycles. The highest BCUT2D eigenvalue weighted by molar-refractivity contribution is 5.85. The normalized spacial score (nSPS) is 28.2. The van der Waals surface area contributed by atoms with Gasteiger partial charge in [0.05, 0.1) is 6.10 Å². The van der Waals surface area contributed by atoms with Gasteiger partial charge in [0, 0.05) is 12.1 Å². The van der Waals surface area contributed by atoms with E-state index in [0.29, 0.717) is 12.1 Å². The molecule has 0 bridgehead atoms. The van der Waals surface area contributed by atoms with Crippen molar-refractivity contribution in [3.63, 3.8) is 0 Å². The highest BCUT2D eigenvalue weighted by Gasteiger charge is 2.20. The van der Waals surface area contributed by atoms with E-state index in [-0.39, 0.29) is 31.0 Å². The molecule has 1 amide bonds. The molecule has 0 aromatic rings. The lowest BCUT2D eigenvalue weighted by atomic mass is 9.94. The Morgan fingerprint density at radius 1 is 1.00 bits per heavy atom. The molecule has 3 N–H and O–H groups in total. The van der Waals surface area contributed by atoms with Gasteiger partial charge in [-0.25, -0.2) is 0 Å². The number of halogens is 1. The van der Waals surface area contributed by atoms with Crippen molar-refractivity contribution in [2.75, 3.05) is 6.61 Å². The SMILES string of the molecule is Cl.NC1CCC(OCC(=O)NC2CCCCCC2)CC1. The maximum Gasteiger partial charge on any atom is 0.246 e. The van der Waals surface area contributed by atoms with Gasteiger partial charge in [0.2, 0.25) is 5.91 Å². The first-order valence-electron chi connectivity index (χ1n) is 7.90. The van der Waals surface area contributed by atoms with E-state index in [1.807, 2.05) is 0 Å². The van der Waals surface area contributed by atoms with Crippen molar-refractivity contribution >= 4 is 18.3 Å². The summed E-state index contributed by atoms with van der Waals surface area (Å²) in [6.45, 7) is 0.219. The molecule has 2 aliphatic rings. The Morgan fingerprint density at radius 2 is 1.60 bits per heavy atom. The summed E-state index contributed by atoms with van der Waals surface area (Å²) in [5.41, 5.74) is 5.86. The summed E-state index contributed by atoms with van der Waals surface area (Å²) in [4.78, 5) is 11.9. The van der Waals surface area contributed by atoms with E-state index >= 15 is 0 Å². The lowest BCUT2D eigenvalue weighted by Gasteiger charge is -2.26. The zero-order chi connectivity index (χ0) is 13.5. The van der Waals surface area contributed by atoms with Gasteiger partial charge in [0.15, 0.2) is 0 Å². The standard InChI is InChI=1S/C15H28N2O2.ClH/c16-12-7-9-14(10-8-12)19-11-15(18)17-13-5-3-1-2-4-6-13;/h12-14H,1-11,16H2,(H,17,18);1H. The van der Waals surface area contributed by atoms with Gasteiger partial charge in [-0.3, -0.25) is 4.79 Å². The average Bonchev–Trinajstić information content (AvgIpc) is 2.67. The molecular weight excluding hydrogens is 276 g/mol. The lowest BCUT2D eigenvalue weighted by Crippen LogP contribution is -2.38. The van der Waals surface area contributed by atoms with Crippen LogP contribution in [0.3, 0.4) is 0 Å². The van der Waals surface area contributed by atoms with Crippen molar-refractivity contribution in [3.05, 3.63) is 0 Å². The Balaban J connectivity index is 0.00000200. The number of nitrogens with two attached hydrogens (primary N) is 1. The van der Waals surface area contributed by atoms with Crippen LogP contribution in [-0.2, 0) is 9.53 Å². The first-order valence-corrected chi connectivity index (χ1v) is 7.90. The zero-order valence-corrected chi connectivity index (χ0v) is 13.1. The Bertz CT molecular complexity index is 273. The Labute approximate surface area is 128 Å². The molecule has 0 aromatic carbocycles. The summed E-state index contributed by atoms with van der Waals surface area (Å²) >= 11 is 0. The molecule has 0 heterocycles. The van der Waals surface area contributed by atoms with Gasteiger partial charge >= 0.3 is 0 Å². The van der Waals surface area contributed by atoms with Gasteiger partial charge in [-0.1, -0.05) is 25.7 Å². The van der Waals surface area contributed by atoms with Crippen LogP contribution >= 0.6 is 12.4 Å². The topological polar surface area (TPSA) is 64.3 Å². The predicted molar refractivity (Wildman–Crippen MR) is 83.1 cm³/mol. The smallest absolute Gasteiger partial charge is 0.246 e. The minimum atomic E-state index is 0. The maximum absolute atomic E-state index is 11.9. The van der Waals surface area contributed by atoms with E-state index in [4.69, 9.17) is 10.5 Å². The average molecular weight is 305 g/mol. The van der Waals surface area contributed by atoms with Gasteiger partial charge in [-0.2, -0.15) is 0 Å². The molecule has 2 rings (SSSR count). The van der Waals surface area contributed by atoms with Crippen molar-refractivity contribution in [3.8, 4) is 0 Å². The third-order valence-corrected chi connectivity index (χ3v) is 4.39. The minimum Gasteiger partial charge on any atom is -0.368 e. The molecule has 5 heteroatoms. The molecule has 4 nitrogen and oxygen atoms in total. The van der Waals surface area contributed by atoms with E-state index in [1.165, 1.54) is 25.7 Å². The quantitative estimate of drug-likeness (QED) is 0.785. The Hall–Kier alpha value is -0.320. The molecule has 0 saturated heterocycles. The summed E-state index contributed by atoms with van der Waals surface area (Å²) in [5.74, 6) is 0.0572. The van der Waals surface area contributed by atoms with E-state index in [9.17, 15) is 4.79 Å². The highest BCUT2D eigenvalue weighted by Crippen LogP contribution is 2.20. The minimum absolute atomic E-state index is 0. The van der Waals surface area contributed by atoms with Crippen LogP contribution in [0.1, 0.15) is 64.2 Å². The molecule has 20 heavy (non-hydrogen) atoms. The van der Waals surface area contributed by atoms with Crippen LogP contribution in [0.25, 0.3) is 0 Å². The molecule has 0 spiro atoms. The number of rotatable bonds is 4. The van der Waals surface area contributed by atoms with Crippen LogP contribution in [0.5, 0.6) is 0 Å².